The average Bonchev–Trinajstić information content (AvgIpc) is 2.35. The van der Waals surface area contributed by atoms with Crippen molar-refractivity contribution < 1.29 is 19.7 Å². The van der Waals surface area contributed by atoms with E-state index >= 15 is 0 Å². The van der Waals surface area contributed by atoms with E-state index < -0.39 is 12.1 Å². The lowest BCUT2D eigenvalue weighted by atomic mass is 10.1. The minimum absolute atomic E-state index is 0.218. The molecule has 2 atom stereocenters. The van der Waals surface area contributed by atoms with Gasteiger partial charge >= 0.3 is 5.97 Å². The third-order valence-electron chi connectivity index (χ3n) is 1.78. The Kier molecular flexibility index (Phi) is 2.84. The lowest BCUT2D eigenvalue weighted by Gasteiger charge is -2.14. The predicted molar refractivity (Wildman–Crippen MR) is 37.2 cm³/mol. The number of hydrogen-bond donors (Lipinski definition) is 2. The van der Waals surface area contributed by atoms with Gasteiger partial charge in [0.05, 0.1) is 18.6 Å². The molecule has 4 heteroatoms. The van der Waals surface area contributed by atoms with Gasteiger partial charge in [0, 0.05) is 6.61 Å². The van der Waals surface area contributed by atoms with Crippen molar-refractivity contribution in [2.24, 2.45) is 0 Å². The number of rotatable bonds is 3. The highest BCUT2D eigenvalue weighted by molar-refractivity contribution is 5.67. The van der Waals surface area contributed by atoms with E-state index in [1.807, 2.05) is 0 Å². The van der Waals surface area contributed by atoms with Crippen molar-refractivity contribution in [3.8, 4) is 0 Å². The molecule has 1 aliphatic rings. The number of ether oxygens (including phenoxy) is 1. The molecular formula is C7H12O4. The smallest absolute Gasteiger partial charge is 0.306 e. The first-order valence-corrected chi connectivity index (χ1v) is 3.71. The fourth-order valence-electron chi connectivity index (χ4n) is 1.22. The highest BCUT2D eigenvalue weighted by atomic mass is 16.5. The predicted octanol–water partition coefficient (Wildman–Crippen LogP) is 0.00100. The Balaban J connectivity index is 2.28. The minimum atomic E-state index is -0.979. The zero-order valence-electron chi connectivity index (χ0n) is 6.19. The Morgan fingerprint density at radius 2 is 2.45 bits per heavy atom. The van der Waals surface area contributed by atoms with Crippen molar-refractivity contribution in [3.63, 3.8) is 0 Å². The van der Waals surface area contributed by atoms with E-state index in [4.69, 9.17) is 9.84 Å². The largest absolute Gasteiger partial charge is 0.481 e. The molecule has 0 aromatic carbocycles. The van der Waals surface area contributed by atoms with Crippen LogP contribution in [0.5, 0.6) is 0 Å². The normalized spacial score (nSPS) is 26.8. The molecule has 1 aliphatic heterocycles. The summed E-state index contributed by atoms with van der Waals surface area (Å²) in [6.45, 7) is 0.640. The van der Waals surface area contributed by atoms with Crippen molar-refractivity contribution in [1.29, 1.82) is 0 Å². The van der Waals surface area contributed by atoms with Crippen LogP contribution in [0.25, 0.3) is 0 Å². The molecule has 64 valence electrons. The van der Waals surface area contributed by atoms with Gasteiger partial charge in [0.2, 0.25) is 0 Å². The van der Waals surface area contributed by atoms with Crippen LogP contribution in [0.2, 0.25) is 0 Å². The van der Waals surface area contributed by atoms with Crippen molar-refractivity contribution in [2.45, 2.75) is 31.5 Å². The molecule has 0 aromatic heterocycles. The van der Waals surface area contributed by atoms with Gasteiger partial charge in [-0.3, -0.25) is 4.79 Å². The molecule has 1 rings (SSSR count). The lowest BCUT2D eigenvalue weighted by Crippen LogP contribution is -2.27. The van der Waals surface area contributed by atoms with Gasteiger partial charge in [-0.15, -0.1) is 0 Å². The molecule has 1 heterocycles. The molecule has 1 fully saturated rings. The van der Waals surface area contributed by atoms with Gasteiger partial charge in [-0.25, -0.2) is 0 Å². The maximum atomic E-state index is 10.2. The highest BCUT2D eigenvalue weighted by Gasteiger charge is 2.25. The van der Waals surface area contributed by atoms with E-state index in [0.717, 1.165) is 12.8 Å². The molecule has 0 saturated carbocycles. The number of carbonyl (C=O) groups is 1. The highest BCUT2D eigenvalue weighted by Crippen LogP contribution is 2.17. The molecule has 0 spiro atoms. The van der Waals surface area contributed by atoms with E-state index in [1.54, 1.807) is 0 Å². The first-order valence-electron chi connectivity index (χ1n) is 3.71. The summed E-state index contributed by atoms with van der Waals surface area (Å²) in [6.07, 6.45) is 0.376. The van der Waals surface area contributed by atoms with E-state index in [9.17, 15) is 9.90 Å². The molecule has 1 saturated heterocycles. The fraction of sp³-hybridized carbons (Fsp3) is 0.857. The molecular weight excluding hydrogens is 148 g/mol. The number of aliphatic hydroxyl groups excluding tert-OH is 1. The first kappa shape index (κ1) is 8.49. The summed E-state index contributed by atoms with van der Waals surface area (Å²) in [4.78, 5) is 10.2. The Bertz CT molecular complexity index is 139. The van der Waals surface area contributed by atoms with Crippen LogP contribution < -0.4 is 0 Å². The van der Waals surface area contributed by atoms with Gasteiger partial charge in [-0.2, -0.15) is 0 Å². The Hall–Kier alpha value is -0.610. The Morgan fingerprint density at radius 3 is 2.91 bits per heavy atom. The van der Waals surface area contributed by atoms with Crippen LogP contribution in [0.3, 0.4) is 0 Å². The van der Waals surface area contributed by atoms with Gasteiger partial charge in [-0.1, -0.05) is 0 Å². The zero-order chi connectivity index (χ0) is 8.27. The summed E-state index contributed by atoms with van der Waals surface area (Å²) < 4.78 is 5.10. The van der Waals surface area contributed by atoms with Crippen molar-refractivity contribution >= 4 is 5.97 Å². The van der Waals surface area contributed by atoms with E-state index in [0.29, 0.717) is 6.61 Å². The van der Waals surface area contributed by atoms with Crippen LogP contribution in [0.1, 0.15) is 19.3 Å². The molecule has 0 aromatic rings. The van der Waals surface area contributed by atoms with Crippen molar-refractivity contribution in [3.05, 3.63) is 0 Å². The summed E-state index contributed by atoms with van der Waals surface area (Å²) >= 11 is 0. The number of aliphatic hydroxyl groups is 1. The van der Waals surface area contributed by atoms with Gasteiger partial charge in [0.25, 0.3) is 0 Å². The summed E-state index contributed by atoms with van der Waals surface area (Å²) in [5.74, 6) is -0.979. The summed E-state index contributed by atoms with van der Waals surface area (Å²) in [5, 5.41) is 17.5. The quantitative estimate of drug-likeness (QED) is 0.610. The van der Waals surface area contributed by atoms with Crippen LogP contribution in [0.4, 0.5) is 0 Å². The third kappa shape index (κ3) is 2.48. The second-order valence-electron chi connectivity index (χ2n) is 2.72. The molecule has 2 N–H and O–H groups in total. The van der Waals surface area contributed by atoms with Crippen LogP contribution in [-0.4, -0.2) is 35.0 Å². The number of hydrogen-bond acceptors (Lipinski definition) is 3. The molecule has 0 aliphatic carbocycles. The van der Waals surface area contributed by atoms with Crippen LogP contribution in [-0.2, 0) is 9.53 Å². The summed E-state index contributed by atoms with van der Waals surface area (Å²) in [5.41, 5.74) is 0. The van der Waals surface area contributed by atoms with Gasteiger partial charge < -0.3 is 14.9 Å². The molecule has 0 radical (unpaired) electrons. The number of carboxylic acid groups (broad SMARTS) is 1. The van der Waals surface area contributed by atoms with E-state index in [-0.39, 0.29) is 12.5 Å². The maximum absolute atomic E-state index is 10.2. The van der Waals surface area contributed by atoms with Crippen LogP contribution in [0.15, 0.2) is 0 Å². The Labute approximate surface area is 64.8 Å². The number of aliphatic carboxylic acids is 1. The van der Waals surface area contributed by atoms with E-state index in [2.05, 4.69) is 0 Å². The second-order valence-corrected chi connectivity index (χ2v) is 2.72. The third-order valence-corrected chi connectivity index (χ3v) is 1.78. The van der Waals surface area contributed by atoms with Gasteiger partial charge in [-0.05, 0) is 12.8 Å². The zero-order valence-corrected chi connectivity index (χ0v) is 6.19. The van der Waals surface area contributed by atoms with Crippen molar-refractivity contribution in [2.75, 3.05) is 6.61 Å². The van der Waals surface area contributed by atoms with Crippen molar-refractivity contribution in [1.82, 2.24) is 0 Å². The molecule has 1 unspecified atom stereocenters. The maximum Gasteiger partial charge on any atom is 0.306 e. The molecule has 11 heavy (non-hydrogen) atoms. The topological polar surface area (TPSA) is 66.8 Å². The second kappa shape index (κ2) is 3.69. The fourth-order valence-corrected chi connectivity index (χ4v) is 1.22. The number of carboxylic acids is 1. The molecule has 4 nitrogen and oxygen atoms in total. The first-order chi connectivity index (χ1) is 5.20. The monoisotopic (exact) mass is 160 g/mol. The minimum Gasteiger partial charge on any atom is -0.481 e. The Morgan fingerprint density at radius 1 is 1.73 bits per heavy atom. The average molecular weight is 160 g/mol. The summed E-state index contributed by atoms with van der Waals surface area (Å²) in [7, 11) is 0. The van der Waals surface area contributed by atoms with E-state index in [1.165, 1.54) is 0 Å². The van der Waals surface area contributed by atoms with Gasteiger partial charge in [0.15, 0.2) is 0 Å². The SMILES string of the molecule is O=C(O)C[C@H](O)C1CCCO1. The standard InChI is InChI=1S/C7H12O4/c8-5(4-7(9)10)6-2-1-3-11-6/h5-6,8H,1-4H2,(H,9,10)/t5-,6?/m0/s1. The molecule has 0 bridgehead atoms. The van der Waals surface area contributed by atoms with Gasteiger partial charge in [0.1, 0.15) is 0 Å². The lowest BCUT2D eigenvalue weighted by molar-refractivity contribution is -0.141. The van der Waals surface area contributed by atoms with Crippen LogP contribution in [0, 0.1) is 0 Å². The van der Waals surface area contributed by atoms with Crippen LogP contribution >= 0.6 is 0 Å². The molecule has 0 amide bonds. The summed E-state index contributed by atoms with van der Waals surface area (Å²) in [6, 6.07) is 0.